The summed E-state index contributed by atoms with van der Waals surface area (Å²) in [7, 11) is 0. The third-order valence-corrected chi connectivity index (χ3v) is 8.19. The summed E-state index contributed by atoms with van der Waals surface area (Å²) in [6.07, 6.45) is -3.29. The number of carbonyl (C=O) groups excluding carboxylic acids is 2. The Morgan fingerprint density at radius 1 is 1.02 bits per heavy atom. The minimum atomic E-state index is -4.82. The Kier molecular flexibility index (Phi) is 10.9. The molecule has 0 saturated heterocycles. The maximum absolute atomic E-state index is 13.8. The van der Waals surface area contributed by atoms with Gasteiger partial charge in [0.1, 0.15) is 11.3 Å². The number of rotatable bonds is 12. The number of hydrogen-bond donors (Lipinski definition) is 3. The van der Waals surface area contributed by atoms with Crippen molar-refractivity contribution in [2.45, 2.75) is 63.7 Å². The van der Waals surface area contributed by atoms with Gasteiger partial charge in [-0.1, -0.05) is 59.6 Å². The van der Waals surface area contributed by atoms with E-state index in [9.17, 15) is 31.5 Å². The fourth-order valence-electron chi connectivity index (χ4n) is 5.24. The molecule has 4 aromatic rings. The van der Waals surface area contributed by atoms with Gasteiger partial charge in [-0.05, 0) is 92.6 Å². The van der Waals surface area contributed by atoms with Crippen molar-refractivity contribution in [1.82, 2.24) is 20.4 Å². The van der Waals surface area contributed by atoms with Crippen LogP contribution in [0.5, 0.6) is 0 Å². The topological polar surface area (TPSA) is 137 Å². The SMILES string of the molecule is CC(C)(C)OC(=O)NCc1cccc(-n2nc(C(F)(F)F)cc2C(=O)Nc2cccc(C(NCC3CC3)c3ccccc3CS(=O)[O-])c2)c1. The number of anilines is 1. The number of alkyl carbamates (subject to hydrolysis) is 1. The molecule has 0 bridgehead atoms. The van der Waals surface area contributed by atoms with Crippen LogP contribution in [0.25, 0.3) is 5.69 Å². The summed E-state index contributed by atoms with van der Waals surface area (Å²) < 4.78 is 70.9. The summed E-state index contributed by atoms with van der Waals surface area (Å²) in [5.41, 5.74) is 0.845. The minimum absolute atomic E-state index is 0.0221. The Labute approximate surface area is 284 Å². The normalized spacial score (nSPS) is 14.6. The van der Waals surface area contributed by atoms with Crippen molar-refractivity contribution in [2.75, 3.05) is 11.9 Å². The molecule has 1 aliphatic carbocycles. The van der Waals surface area contributed by atoms with Gasteiger partial charge in [-0.25, -0.2) is 9.48 Å². The van der Waals surface area contributed by atoms with E-state index < -0.39 is 46.6 Å². The van der Waals surface area contributed by atoms with Gasteiger partial charge in [-0.3, -0.25) is 9.00 Å². The molecule has 1 fully saturated rings. The molecular weight excluding hydrogens is 659 g/mol. The standard InChI is InChI=1S/C35H38F3N5O5S/c1-34(2,3)48-33(45)40-20-23-8-6-12-27(16-23)43-29(18-30(42-43)35(36,37)38)32(44)41-26-11-7-10-24(17-26)31(39-19-22-14-15-22)28-13-5-4-9-25(28)21-49(46)47/h4-13,16-18,22,31,39H,14-15,19-21H2,1-3H3,(H,40,45)(H,41,44)(H,46,47)/p-1. The van der Waals surface area contributed by atoms with Crippen molar-refractivity contribution in [3.8, 4) is 5.69 Å². The summed E-state index contributed by atoms with van der Waals surface area (Å²) in [4.78, 5) is 25.8. The largest absolute Gasteiger partial charge is 0.772 e. The monoisotopic (exact) mass is 696 g/mol. The highest BCUT2D eigenvalue weighted by Gasteiger charge is 2.36. The number of halogens is 3. The second kappa shape index (κ2) is 14.9. The average Bonchev–Trinajstić information content (AvgIpc) is 3.73. The molecule has 3 N–H and O–H groups in total. The van der Waals surface area contributed by atoms with Gasteiger partial charge in [0, 0.05) is 24.1 Å². The molecule has 0 spiro atoms. The Hall–Kier alpha value is -4.53. The first kappa shape index (κ1) is 35.8. The maximum Gasteiger partial charge on any atom is 0.435 e. The maximum atomic E-state index is 13.8. The number of ether oxygens (including phenoxy) is 1. The number of amides is 2. The van der Waals surface area contributed by atoms with Gasteiger partial charge >= 0.3 is 12.3 Å². The van der Waals surface area contributed by atoms with Crippen molar-refractivity contribution in [3.05, 3.63) is 113 Å². The smallest absolute Gasteiger partial charge is 0.435 e. The van der Waals surface area contributed by atoms with Gasteiger partial charge in [0.25, 0.3) is 5.91 Å². The summed E-state index contributed by atoms with van der Waals surface area (Å²) in [5, 5.41) is 12.6. The Morgan fingerprint density at radius 3 is 2.45 bits per heavy atom. The fourth-order valence-corrected chi connectivity index (χ4v) is 5.76. The van der Waals surface area contributed by atoms with E-state index in [2.05, 4.69) is 21.0 Å². The van der Waals surface area contributed by atoms with Crippen molar-refractivity contribution in [3.63, 3.8) is 0 Å². The molecule has 2 unspecified atom stereocenters. The van der Waals surface area contributed by atoms with Crippen LogP contribution < -0.4 is 16.0 Å². The van der Waals surface area contributed by atoms with E-state index in [0.29, 0.717) is 35.3 Å². The summed E-state index contributed by atoms with van der Waals surface area (Å²) in [5.74, 6) is -0.485. The molecule has 10 nitrogen and oxygen atoms in total. The van der Waals surface area contributed by atoms with E-state index in [1.165, 1.54) is 12.1 Å². The van der Waals surface area contributed by atoms with Crippen LogP contribution in [0.1, 0.15) is 78.1 Å². The molecule has 1 aromatic heterocycles. The van der Waals surface area contributed by atoms with E-state index in [1.807, 2.05) is 18.2 Å². The lowest BCUT2D eigenvalue weighted by Gasteiger charge is -2.24. The number of aromatic nitrogens is 2. The Morgan fingerprint density at radius 2 is 1.76 bits per heavy atom. The molecule has 5 rings (SSSR count). The summed E-state index contributed by atoms with van der Waals surface area (Å²) in [6.45, 7) is 5.89. The highest BCUT2D eigenvalue weighted by atomic mass is 32.2. The summed E-state index contributed by atoms with van der Waals surface area (Å²) in [6, 6.07) is 20.6. The van der Waals surface area contributed by atoms with Crippen molar-refractivity contribution < 1.29 is 36.3 Å². The molecule has 1 aliphatic rings. The third kappa shape index (κ3) is 10.00. The molecule has 1 heterocycles. The van der Waals surface area contributed by atoms with Crippen molar-refractivity contribution >= 4 is 28.8 Å². The van der Waals surface area contributed by atoms with Gasteiger partial charge in [0.15, 0.2) is 5.69 Å². The molecule has 0 radical (unpaired) electrons. The lowest BCUT2D eigenvalue weighted by molar-refractivity contribution is -0.141. The quantitative estimate of drug-likeness (QED) is 0.141. The molecular formula is C35H37F3N5O5S-. The molecule has 2 atom stereocenters. The average molecular weight is 697 g/mol. The zero-order valence-electron chi connectivity index (χ0n) is 27.2. The predicted molar refractivity (Wildman–Crippen MR) is 178 cm³/mol. The van der Waals surface area contributed by atoms with Gasteiger partial charge < -0.3 is 25.2 Å². The van der Waals surface area contributed by atoms with Gasteiger partial charge in [0.2, 0.25) is 0 Å². The van der Waals surface area contributed by atoms with Crippen molar-refractivity contribution in [2.24, 2.45) is 5.92 Å². The Balaban J connectivity index is 1.42. The van der Waals surface area contributed by atoms with E-state index in [0.717, 1.165) is 28.7 Å². The van der Waals surface area contributed by atoms with Crippen LogP contribution in [0.15, 0.2) is 78.9 Å². The molecule has 1 saturated carbocycles. The zero-order chi connectivity index (χ0) is 35.3. The first-order valence-corrected chi connectivity index (χ1v) is 16.9. The number of alkyl halides is 3. The first-order valence-electron chi connectivity index (χ1n) is 15.7. The Bertz CT molecular complexity index is 1830. The van der Waals surface area contributed by atoms with Gasteiger partial charge in [-0.15, -0.1) is 0 Å². The van der Waals surface area contributed by atoms with Crippen LogP contribution in [-0.2, 0) is 34.3 Å². The number of benzene rings is 3. The third-order valence-electron chi connectivity index (χ3n) is 7.65. The molecule has 260 valence electrons. The lowest BCUT2D eigenvalue weighted by Crippen LogP contribution is -2.32. The molecule has 0 aliphatic heterocycles. The van der Waals surface area contributed by atoms with Crippen LogP contribution in [-0.4, -0.2) is 42.7 Å². The molecule has 14 heteroatoms. The van der Waals surface area contributed by atoms with Crippen LogP contribution in [0, 0.1) is 5.92 Å². The molecule has 2 amide bonds. The number of nitrogens with one attached hydrogen (secondary N) is 3. The number of hydrogen-bond acceptors (Lipinski definition) is 7. The van der Waals surface area contributed by atoms with Crippen molar-refractivity contribution in [1.29, 1.82) is 0 Å². The second-order valence-electron chi connectivity index (χ2n) is 12.9. The highest BCUT2D eigenvalue weighted by molar-refractivity contribution is 7.78. The minimum Gasteiger partial charge on any atom is -0.772 e. The van der Waals surface area contributed by atoms with Gasteiger partial charge in [-0.2, -0.15) is 18.3 Å². The number of carbonyl (C=O) groups is 2. The van der Waals surface area contributed by atoms with Crippen LogP contribution in [0.2, 0.25) is 0 Å². The van der Waals surface area contributed by atoms with Crippen LogP contribution in [0.4, 0.5) is 23.7 Å². The first-order chi connectivity index (χ1) is 23.2. The van der Waals surface area contributed by atoms with E-state index in [1.54, 1.807) is 63.2 Å². The van der Waals surface area contributed by atoms with Crippen LogP contribution in [0.3, 0.4) is 0 Å². The van der Waals surface area contributed by atoms with E-state index >= 15 is 0 Å². The van der Waals surface area contributed by atoms with Gasteiger partial charge in [0.05, 0.1) is 11.7 Å². The van der Waals surface area contributed by atoms with E-state index in [-0.39, 0.29) is 23.7 Å². The lowest BCUT2D eigenvalue weighted by atomic mass is 9.94. The fraction of sp³-hybridized carbons (Fsp3) is 0.343. The molecule has 49 heavy (non-hydrogen) atoms. The van der Waals surface area contributed by atoms with E-state index in [4.69, 9.17) is 4.74 Å². The second-order valence-corrected chi connectivity index (χ2v) is 13.8. The van der Waals surface area contributed by atoms with Crippen LogP contribution >= 0.6 is 0 Å². The zero-order valence-corrected chi connectivity index (χ0v) is 28.0. The predicted octanol–water partition coefficient (Wildman–Crippen LogP) is 6.64. The highest BCUT2D eigenvalue weighted by Crippen LogP contribution is 2.33. The summed E-state index contributed by atoms with van der Waals surface area (Å²) >= 11 is -2.31. The molecule has 3 aromatic carbocycles. The number of nitrogens with zero attached hydrogens (tertiary/aromatic N) is 2.